The zero-order chi connectivity index (χ0) is 18.1. The quantitative estimate of drug-likeness (QED) is 0.461. The van der Waals surface area contributed by atoms with E-state index in [4.69, 9.17) is 10.4 Å². The Labute approximate surface area is 175 Å². The molecule has 0 amide bonds. The fourth-order valence-corrected chi connectivity index (χ4v) is 3.38. The Morgan fingerprint density at radius 2 is 1.50 bits per heavy atom. The average molecular weight is 385 g/mol. The molecule has 136 valence electrons. The van der Waals surface area contributed by atoms with Gasteiger partial charge in [0.1, 0.15) is 0 Å². The second kappa shape index (κ2) is 8.96. The third-order valence-electron chi connectivity index (χ3n) is 3.74. The van der Waals surface area contributed by atoms with Gasteiger partial charge in [0.15, 0.2) is 5.85 Å². The summed E-state index contributed by atoms with van der Waals surface area (Å²) >= 11 is 0. The molecular formula is C17H32CaNO4P. The van der Waals surface area contributed by atoms with Crippen molar-refractivity contribution < 1.29 is 18.8 Å². The van der Waals surface area contributed by atoms with E-state index in [1.165, 1.54) is 0 Å². The van der Waals surface area contributed by atoms with Crippen LogP contribution in [0.4, 0.5) is 0 Å². The van der Waals surface area contributed by atoms with Crippen LogP contribution in [0.15, 0.2) is 18.2 Å². The maximum absolute atomic E-state index is 12.6. The van der Waals surface area contributed by atoms with Crippen LogP contribution in [0.1, 0.15) is 71.0 Å². The van der Waals surface area contributed by atoms with Crippen LogP contribution in [-0.2, 0) is 24.5 Å². The predicted molar refractivity (Wildman–Crippen MR) is 102 cm³/mol. The zero-order valence-electron chi connectivity index (χ0n) is 15.2. The summed E-state index contributed by atoms with van der Waals surface area (Å²) in [5.74, 6) is 3.71. The van der Waals surface area contributed by atoms with Crippen LogP contribution in [0.3, 0.4) is 0 Å². The molecule has 2 unspecified atom stereocenters. The van der Waals surface area contributed by atoms with E-state index < -0.39 is 13.4 Å². The molecule has 0 saturated carbocycles. The number of aliphatic hydroxyl groups is 1. The van der Waals surface area contributed by atoms with Crippen molar-refractivity contribution in [2.75, 3.05) is 6.61 Å². The van der Waals surface area contributed by atoms with E-state index in [0.717, 1.165) is 11.1 Å². The second-order valence-electron chi connectivity index (χ2n) is 7.78. The van der Waals surface area contributed by atoms with Crippen LogP contribution < -0.4 is 5.90 Å². The van der Waals surface area contributed by atoms with Crippen LogP contribution in [0.25, 0.3) is 0 Å². The van der Waals surface area contributed by atoms with Crippen molar-refractivity contribution in [1.29, 1.82) is 0 Å². The van der Waals surface area contributed by atoms with Gasteiger partial charge in [-0.25, -0.2) is 10.5 Å². The average Bonchev–Trinajstić information content (AvgIpc) is 2.44. The van der Waals surface area contributed by atoms with Crippen molar-refractivity contribution in [3.05, 3.63) is 34.9 Å². The van der Waals surface area contributed by atoms with Gasteiger partial charge in [0, 0.05) is 0 Å². The third kappa shape index (κ3) is 6.07. The van der Waals surface area contributed by atoms with E-state index in [9.17, 15) is 9.67 Å². The first-order valence-electron chi connectivity index (χ1n) is 7.82. The normalized spacial score (nSPS) is 16.2. The van der Waals surface area contributed by atoms with E-state index in [-0.39, 0.29) is 55.2 Å². The molecular weight excluding hydrogens is 353 g/mol. The fraction of sp³-hybridized carbons (Fsp3) is 0.647. The molecule has 3 N–H and O–H groups in total. The van der Waals surface area contributed by atoms with Crippen molar-refractivity contribution in [2.45, 2.75) is 65.1 Å². The van der Waals surface area contributed by atoms with Crippen molar-refractivity contribution in [2.24, 2.45) is 5.90 Å². The minimum atomic E-state index is -3.82. The molecule has 7 heteroatoms. The van der Waals surface area contributed by atoms with Crippen molar-refractivity contribution in [3.63, 3.8) is 0 Å². The summed E-state index contributed by atoms with van der Waals surface area (Å²) in [6.07, 6.45) is 0. The molecule has 0 radical (unpaired) electrons. The summed E-state index contributed by atoms with van der Waals surface area (Å²) < 4.78 is 22.2. The van der Waals surface area contributed by atoms with Gasteiger partial charge < -0.3 is 9.63 Å². The monoisotopic (exact) mass is 385 g/mol. The Morgan fingerprint density at radius 1 is 1.08 bits per heavy atom. The standard InChI is InChI=1S/C17H30NO4P.Ca.2H/c1-8-21-23(20,22-18)15(19)12-9-13(16(2,3)4)11-14(10-12)17(5,6)7;;;/h9-11,15,19H,8,18H2,1-7H3;;;. The van der Waals surface area contributed by atoms with Gasteiger partial charge in [0.2, 0.25) is 0 Å². The van der Waals surface area contributed by atoms with Gasteiger partial charge in [-0.1, -0.05) is 59.7 Å². The molecule has 0 fully saturated rings. The van der Waals surface area contributed by atoms with Crippen molar-refractivity contribution >= 4 is 45.3 Å². The topological polar surface area (TPSA) is 81.8 Å². The van der Waals surface area contributed by atoms with Crippen LogP contribution in [0.2, 0.25) is 0 Å². The van der Waals surface area contributed by atoms with Crippen LogP contribution >= 0.6 is 7.60 Å². The summed E-state index contributed by atoms with van der Waals surface area (Å²) in [6, 6.07) is 5.79. The van der Waals surface area contributed by atoms with Gasteiger partial charge in [-0.15, -0.1) is 0 Å². The molecule has 0 aliphatic heterocycles. The molecule has 0 bridgehead atoms. The summed E-state index contributed by atoms with van der Waals surface area (Å²) in [7, 11) is -3.82. The second-order valence-corrected chi connectivity index (χ2v) is 9.82. The SMILES string of the molecule is CCOP(=O)(ON)C(O)c1cc(C(C)(C)C)cc(C(C)(C)C)c1.[CaH2]. The van der Waals surface area contributed by atoms with Crippen molar-refractivity contribution in [1.82, 2.24) is 0 Å². The maximum atomic E-state index is 12.6. The van der Waals surface area contributed by atoms with Gasteiger partial charge in [-0.2, -0.15) is 0 Å². The minimum absolute atomic E-state index is 0. The number of nitrogens with two attached hydrogens (primary N) is 1. The molecule has 0 saturated heterocycles. The van der Waals surface area contributed by atoms with E-state index >= 15 is 0 Å². The molecule has 24 heavy (non-hydrogen) atoms. The molecule has 0 heterocycles. The van der Waals surface area contributed by atoms with Gasteiger partial charge in [-0.3, -0.25) is 4.57 Å². The molecule has 1 aromatic carbocycles. The Kier molecular flexibility index (Phi) is 9.17. The molecule has 2 atom stereocenters. The first-order chi connectivity index (χ1) is 10.3. The van der Waals surface area contributed by atoms with Crippen LogP contribution in [-0.4, -0.2) is 49.5 Å². The number of hydrogen-bond donors (Lipinski definition) is 2. The molecule has 0 aromatic heterocycles. The van der Waals surface area contributed by atoms with Gasteiger partial charge in [0.25, 0.3) is 0 Å². The number of aliphatic hydroxyl groups excluding tert-OH is 1. The number of benzene rings is 1. The first-order valence-corrected chi connectivity index (χ1v) is 9.43. The summed E-state index contributed by atoms with van der Waals surface area (Å²) in [5.41, 5.74) is 2.34. The van der Waals surface area contributed by atoms with Gasteiger partial charge >= 0.3 is 45.3 Å². The Bertz CT molecular complexity index is 561. The molecule has 0 aliphatic carbocycles. The summed E-state index contributed by atoms with van der Waals surface area (Å²) in [5, 5.41) is 10.6. The fourth-order valence-electron chi connectivity index (χ4n) is 2.19. The number of rotatable bonds is 5. The van der Waals surface area contributed by atoms with Crippen LogP contribution in [0, 0.1) is 0 Å². The van der Waals surface area contributed by atoms with Crippen molar-refractivity contribution in [3.8, 4) is 0 Å². The molecule has 5 nitrogen and oxygen atoms in total. The summed E-state index contributed by atoms with van der Waals surface area (Å²) in [4.78, 5) is 0. The Balaban J connectivity index is 0.00000529. The summed E-state index contributed by atoms with van der Waals surface area (Å²) in [6.45, 7) is 14.3. The molecule has 1 rings (SSSR count). The van der Waals surface area contributed by atoms with Gasteiger partial charge in [-0.05, 0) is 34.4 Å². The van der Waals surface area contributed by atoms with Crippen LogP contribution in [0.5, 0.6) is 0 Å². The first kappa shape index (κ1) is 24.5. The predicted octanol–water partition coefficient (Wildman–Crippen LogP) is 3.48. The van der Waals surface area contributed by atoms with E-state index in [1.54, 1.807) is 6.92 Å². The Morgan fingerprint density at radius 3 is 1.79 bits per heavy atom. The van der Waals surface area contributed by atoms with E-state index in [2.05, 4.69) is 52.2 Å². The van der Waals surface area contributed by atoms with Gasteiger partial charge in [0.05, 0.1) is 6.61 Å². The molecule has 0 aliphatic rings. The number of hydrogen-bond acceptors (Lipinski definition) is 5. The van der Waals surface area contributed by atoms with E-state index in [1.807, 2.05) is 12.1 Å². The third-order valence-corrected chi connectivity index (χ3v) is 5.55. The Hall–Kier alpha value is 0.550. The van der Waals surface area contributed by atoms with E-state index in [0.29, 0.717) is 5.56 Å². The molecule has 1 aromatic rings. The molecule has 0 spiro atoms. The zero-order valence-corrected chi connectivity index (χ0v) is 16.1.